The Kier molecular flexibility index (Phi) is 14.8. The van der Waals surface area contributed by atoms with Crippen LogP contribution in [0.2, 0.25) is 0 Å². The molecule has 0 radical (unpaired) electrons. The van der Waals surface area contributed by atoms with E-state index in [1.165, 1.54) is 27.7 Å². The maximum absolute atomic E-state index is 11.9. The first kappa shape index (κ1) is 35.8. The van der Waals surface area contributed by atoms with Gasteiger partial charge in [-0.1, -0.05) is 13.2 Å². The van der Waals surface area contributed by atoms with Crippen molar-refractivity contribution in [1.29, 1.82) is 0 Å². The highest BCUT2D eigenvalue weighted by Gasteiger charge is 2.37. The van der Waals surface area contributed by atoms with E-state index >= 15 is 0 Å². The standard InChI is InChI=1S/C14H22O7.C10H10O7/c1-13(2,7-5-9(15)16)11(19)21-12(20)14(3,4)8-6-10(17)18;1-5(3-7(11)12)9(15)17-10(16)6(2)4-8(13)14/h5-8H2,1-4H3,(H,15,16)(H,17,18);1-4H2,(H,11,12)(H,13,14). The normalized spacial score (nSPS) is 10.6. The molecule has 14 heteroatoms. The van der Waals surface area contributed by atoms with E-state index < -0.39 is 82.6 Å². The third-order valence-electron chi connectivity index (χ3n) is 4.71. The quantitative estimate of drug-likeness (QED) is 0.139. The SMILES string of the molecule is C=C(CC(=O)O)C(=O)OC(=O)C(=C)CC(=O)O.CC(C)(CCC(=O)O)C(=O)OC(=O)C(C)(C)CCC(=O)O. The molecule has 212 valence electrons. The van der Waals surface area contributed by atoms with Crippen LogP contribution < -0.4 is 0 Å². The van der Waals surface area contributed by atoms with Gasteiger partial charge in [-0.15, -0.1) is 0 Å². The van der Waals surface area contributed by atoms with Crippen LogP contribution in [0.4, 0.5) is 0 Å². The second-order valence-corrected chi connectivity index (χ2v) is 9.26. The molecule has 0 aromatic carbocycles. The number of carbonyl (C=O) groups excluding carboxylic acids is 4. The molecule has 0 saturated heterocycles. The Morgan fingerprint density at radius 2 is 0.842 bits per heavy atom. The third kappa shape index (κ3) is 15.6. The number of ether oxygens (including phenoxy) is 2. The first-order valence-electron chi connectivity index (χ1n) is 10.9. The van der Waals surface area contributed by atoms with Crippen molar-refractivity contribution in [1.82, 2.24) is 0 Å². The predicted octanol–water partition coefficient (Wildman–Crippen LogP) is 1.96. The molecule has 0 atom stereocenters. The Balaban J connectivity index is 0. The van der Waals surface area contributed by atoms with E-state index in [1.807, 2.05) is 0 Å². The molecule has 0 amide bonds. The van der Waals surface area contributed by atoms with E-state index in [9.17, 15) is 38.4 Å². The lowest BCUT2D eigenvalue weighted by Crippen LogP contribution is -2.35. The van der Waals surface area contributed by atoms with E-state index in [-0.39, 0.29) is 25.7 Å². The Hall–Kier alpha value is -4.36. The highest BCUT2D eigenvalue weighted by molar-refractivity contribution is 6.04. The van der Waals surface area contributed by atoms with Gasteiger partial charge in [0.2, 0.25) is 0 Å². The third-order valence-corrected chi connectivity index (χ3v) is 4.71. The van der Waals surface area contributed by atoms with E-state index in [0.717, 1.165) is 0 Å². The van der Waals surface area contributed by atoms with Crippen LogP contribution in [0, 0.1) is 10.8 Å². The van der Waals surface area contributed by atoms with Crippen LogP contribution in [0.25, 0.3) is 0 Å². The van der Waals surface area contributed by atoms with Gasteiger partial charge in [0, 0.05) is 24.0 Å². The van der Waals surface area contributed by atoms with Crippen LogP contribution in [0.15, 0.2) is 24.3 Å². The van der Waals surface area contributed by atoms with Gasteiger partial charge in [-0.2, -0.15) is 0 Å². The zero-order valence-electron chi connectivity index (χ0n) is 21.5. The molecule has 0 rings (SSSR count). The van der Waals surface area contributed by atoms with Gasteiger partial charge in [0.15, 0.2) is 0 Å². The molecular formula is C24H32O14. The lowest BCUT2D eigenvalue weighted by atomic mass is 9.86. The molecule has 0 fully saturated rings. The molecule has 0 aromatic heterocycles. The number of hydrogen-bond donors (Lipinski definition) is 4. The van der Waals surface area contributed by atoms with Crippen molar-refractivity contribution in [2.75, 3.05) is 0 Å². The first-order valence-corrected chi connectivity index (χ1v) is 10.9. The summed E-state index contributed by atoms with van der Waals surface area (Å²) in [5.41, 5.74) is -3.05. The van der Waals surface area contributed by atoms with Crippen LogP contribution in [-0.4, -0.2) is 68.2 Å². The summed E-state index contributed by atoms with van der Waals surface area (Å²) in [6.45, 7) is 12.2. The minimum absolute atomic E-state index is 0.0456. The molecule has 0 aliphatic rings. The summed E-state index contributed by atoms with van der Waals surface area (Å²) < 4.78 is 8.95. The monoisotopic (exact) mass is 544 g/mol. The van der Waals surface area contributed by atoms with Gasteiger partial charge in [-0.3, -0.25) is 28.8 Å². The van der Waals surface area contributed by atoms with Gasteiger partial charge >= 0.3 is 47.8 Å². The highest BCUT2D eigenvalue weighted by atomic mass is 16.6. The van der Waals surface area contributed by atoms with E-state index in [0.29, 0.717) is 0 Å². The van der Waals surface area contributed by atoms with Crippen molar-refractivity contribution in [2.24, 2.45) is 10.8 Å². The van der Waals surface area contributed by atoms with Crippen molar-refractivity contribution >= 4 is 47.8 Å². The molecular weight excluding hydrogens is 512 g/mol. The van der Waals surface area contributed by atoms with Crippen LogP contribution in [-0.2, 0) is 47.8 Å². The molecule has 0 saturated carbocycles. The summed E-state index contributed by atoms with van der Waals surface area (Å²) in [5.74, 6) is -8.73. The molecule has 4 N–H and O–H groups in total. The smallest absolute Gasteiger partial charge is 0.341 e. The summed E-state index contributed by atoms with van der Waals surface area (Å²) >= 11 is 0. The maximum Gasteiger partial charge on any atom is 0.341 e. The van der Waals surface area contributed by atoms with E-state index in [4.69, 9.17) is 25.2 Å². The van der Waals surface area contributed by atoms with Gasteiger partial charge in [0.25, 0.3) is 0 Å². The number of aliphatic carboxylic acids is 4. The topological polar surface area (TPSA) is 236 Å². The summed E-state index contributed by atoms with van der Waals surface area (Å²) in [4.78, 5) is 87.5. The summed E-state index contributed by atoms with van der Waals surface area (Å²) in [6, 6.07) is 0. The zero-order valence-corrected chi connectivity index (χ0v) is 21.5. The van der Waals surface area contributed by atoms with Crippen LogP contribution in [0.1, 0.15) is 66.2 Å². The molecule has 0 aromatic rings. The Bertz CT molecular complexity index is 922. The van der Waals surface area contributed by atoms with Gasteiger partial charge in [-0.05, 0) is 40.5 Å². The van der Waals surface area contributed by atoms with Gasteiger partial charge < -0.3 is 29.9 Å². The Labute approximate surface area is 217 Å². The largest absolute Gasteiger partial charge is 0.481 e. The molecule has 38 heavy (non-hydrogen) atoms. The summed E-state index contributed by atoms with van der Waals surface area (Å²) in [7, 11) is 0. The molecule has 0 unspecified atom stereocenters. The van der Waals surface area contributed by atoms with Crippen LogP contribution in [0.3, 0.4) is 0 Å². The minimum Gasteiger partial charge on any atom is -0.481 e. The van der Waals surface area contributed by atoms with Gasteiger partial charge in [-0.25, -0.2) is 9.59 Å². The Morgan fingerprint density at radius 1 is 0.553 bits per heavy atom. The molecule has 0 spiro atoms. The van der Waals surface area contributed by atoms with Crippen molar-refractivity contribution in [3.8, 4) is 0 Å². The van der Waals surface area contributed by atoms with Crippen molar-refractivity contribution in [2.45, 2.75) is 66.2 Å². The second kappa shape index (κ2) is 15.7. The number of esters is 4. The molecule has 0 bridgehead atoms. The average molecular weight is 545 g/mol. The fraction of sp³-hybridized carbons (Fsp3) is 0.500. The fourth-order valence-corrected chi connectivity index (χ4v) is 2.14. The first-order chi connectivity index (χ1) is 17.1. The second-order valence-electron chi connectivity index (χ2n) is 9.26. The fourth-order valence-electron chi connectivity index (χ4n) is 2.14. The van der Waals surface area contributed by atoms with Crippen LogP contribution in [0.5, 0.6) is 0 Å². The number of carboxylic acid groups (broad SMARTS) is 4. The Morgan fingerprint density at radius 3 is 1.08 bits per heavy atom. The van der Waals surface area contributed by atoms with E-state index in [1.54, 1.807) is 0 Å². The molecule has 0 heterocycles. The van der Waals surface area contributed by atoms with E-state index in [2.05, 4.69) is 17.9 Å². The lowest BCUT2D eigenvalue weighted by Gasteiger charge is -2.25. The van der Waals surface area contributed by atoms with Crippen molar-refractivity contribution in [3.05, 3.63) is 24.3 Å². The van der Waals surface area contributed by atoms with Crippen LogP contribution >= 0.6 is 0 Å². The molecule has 0 aliphatic carbocycles. The zero-order chi connectivity index (χ0) is 30.4. The number of rotatable bonds is 14. The highest BCUT2D eigenvalue weighted by Crippen LogP contribution is 2.29. The average Bonchev–Trinajstić information content (AvgIpc) is 2.75. The summed E-state index contributed by atoms with van der Waals surface area (Å²) in [5, 5.41) is 33.9. The van der Waals surface area contributed by atoms with Gasteiger partial charge in [0.05, 0.1) is 23.7 Å². The maximum atomic E-state index is 11.9. The molecule has 14 nitrogen and oxygen atoms in total. The van der Waals surface area contributed by atoms with Crippen molar-refractivity contribution < 1.29 is 68.3 Å². The number of carboxylic acids is 4. The number of hydrogen-bond acceptors (Lipinski definition) is 10. The minimum atomic E-state index is -1.30. The van der Waals surface area contributed by atoms with Crippen molar-refractivity contribution in [3.63, 3.8) is 0 Å². The predicted molar refractivity (Wildman–Crippen MR) is 126 cm³/mol. The lowest BCUT2D eigenvalue weighted by molar-refractivity contribution is -0.173. The number of carbonyl (C=O) groups is 8. The van der Waals surface area contributed by atoms with Gasteiger partial charge in [0.1, 0.15) is 0 Å². The molecule has 0 aliphatic heterocycles. The summed E-state index contributed by atoms with van der Waals surface area (Å²) in [6.07, 6.45) is -1.67.